The zero-order chi connectivity index (χ0) is 17.0. The first-order chi connectivity index (χ1) is 10.9. The molecular weight excluding hydrogens is 301 g/mol. The van der Waals surface area contributed by atoms with Gasteiger partial charge in [-0.05, 0) is 42.5 Å². The number of carbonyl (C=O) groups excluding carboxylic acids is 2. The molecule has 120 valence electrons. The molecule has 0 aliphatic carbocycles. The van der Waals surface area contributed by atoms with Crippen LogP contribution in [0.2, 0.25) is 0 Å². The molecule has 0 atom stereocenters. The van der Waals surface area contributed by atoms with Crippen LogP contribution < -0.4 is 9.64 Å². The van der Waals surface area contributed by atoms with E-state index >= 15 is 0 Å². The second-order valence-electron chi connectivity index (χ2n) is 4.97. The van der Waals surface area contributed by atoms with Gasteiger partial charge in [0.05, 0.1) is 23.9 Å². The van der Waals surface area contributed by atoms with Gasteiger partial charge < -0.3 is 14.4 Å². The van der Waals surface area contributed by atoms with Crippen molar-refractivity contribution in [3.63, 3.8) is 0 Å². The van der Waals surface area contributed by atoms with Gasteiger partial charge in [-0.1, -0.05) is 0 Å². The summed E-state index contributed by atoms with van der Waals surface area (Å²) in [5.41, 5.74) is 0.822. The van der Waals surface area contributed by atoms with Crippen LogP contribution in [0.1, 0.15) is 20.7 Å². The molecular formula is C17H16FNO4. The molecule has 0 aromatic heterocycles. The van der Waals surface area contributed by atoms with Gasteiger partial charge in [0.2, 0.25) is 0 Å². The summed E-state index contributed by atoms with van der Waals surface area (Å²) in [6.45, 7) is 0. The van der Waals surface area contributed by atoms with Crippen molar-refractivity contribution in [2.75, 3.05) is 26.1 Å². The predicted molar refractivity (Wildman–Crippen MR) is 83.5 cm³/mol. The molecule has 0 bridgehead atoms. The maximum absolute atomic E-state index is 13.9. The molecule has 6 heteroatoms. The molecule has 0 amide bonds. The Morgan fingerprint density at radius 3 is 2.09 bits per heavy atom. The van der Waals surface area contributed by atoms with Crippen molar-refractivity contribution >= 4 is 17.6 Å². The first-order valence-electron chi connectivity index (χ1n) is 6.80. The van der Waals surface area contributed by atoms with E-state index in [0.29, 0.717) is 11.3 Å². The third-order valence-electron chi connectivity index (χ3n) is 3.15. The molecule has 23 heavy (non-hydrogen) atoms. The third kappa shape index (κ3) is 3.85. The van der Waals surface area contributed by atoms with Gasteiger partial charge >= 0.3 is 11.9 Å². The molecule has 5 nitrogen and oxygen atoms in total. The molecule has 0 radical (unpaired) electrons. The number of benzene rings is 2. The van der Waals surface area contributed by atoms with E-state index in [1.54, 1.807) is 19.0 Å². The maximum atomic E-state index is 13.9. The summed E-state index contributed by atoms with van der Waals surface area (Å²) < 4.78 is 23.6. The van der Waals surface area contributed by atoms with Crippen molar-refractivity contribution in [2.45, 2.75) is 0 Å². The molecule has 2 aromatic carbocycles. The fourth-order valence-electron chi connectivity index (χ4n) is 1.94. The van der Waals surface area contributed by atoms with Gasteiger partial charge in [0.1, 0.15) is 11.6 Å². The minimum absolute atomic E-state index is 0.102. The highest BCUT2D eigenvalue weighted by Crippen LogP contribution is 2.20. The normalized spacial score (nSPS) is 10.1. The van der Waals surface area contributed by atoms with Crippen LogP contribution in [0.15, 0.2) is 42.5 Å². The number of anilines is 1. The fourth-order valence-corrected chi connectivity index (χ4v) is 1.94. The molecule has 0 saturated carbocycles. The van der Waals surface area contributed by atoms with Crippen LogP contribution in [0.4, 0.5) is 10.1 Å². The topological polar surface area (TPSA) is 55.8 Å². The van der Waals surface area contributed by atoms with Crippen molar-refractivity contribution in [1.82, 2.24) is 0 Å². The number of halogens is 1. The maximum Gasteiger partial charge on any atom is 0.343 e. The summed E-state index contributed by atoms with van der Waals surface area (Å²) in [4.78, 5) is 25.0. The second kappa shape index (κ2) is 6.91. The highest BCUT2D eigenvalue weighted by molar-refractivity contribution is 5.92. The number of hydrogen-bond donors (Lipinski definition) is 0. The van der Waals surface area contributed by atoms with Gasteiger partial charge in [-0.15, -0.1) is 0 Å². The molecule has 2 rings (SSSR count). The lowest BCUT2D eigenvalue weighted by atomic mass is 10.2. The number of esters is 2. The van der Waals surface area contributed by atoms with E-state index < -0.39 is 17.8 Å². The average molecular weight is 317 g/mol. The Balaban J connectivity index is 2.13. The molecule has 0 N–H and O–H groups in total. The van der Waals surface area contributed by atoms with E-state index in [1.807, 2.05) is 0 Å². The molecule has 0 heterocycles. The van der Waals surface area contributed by atoms with Crippen molar-refractivity contribution in [2.24, 2.45) is 0 Å². The van der Waals surface area contributed by atoms with E-state index in [2.05, 4.69) is 4.74 Å². The minimum Gasteiger partial charge on any atom is -0.465 e. The Morgan fingerprint density at radius 1 is 0.957 bits per heavy atom. The largest absolute Gasteiger partial charge is 0.465 e. The second-order valence-corrected chi connectivity index (χ2v) is 4.97. The standard InChI is InChI=1S/C17H16FNO4/c1-19(2)15-9-6-12(10-14(15)18)17(21)23-13-7-4-11(5-8-13)16(20)22-3/h4-10H,1-3H3. The highest BCUT2D eigenvalue weighted by Gasteiger charge is 2.13. The number of hydrogen-bond acceptors (Lipinski definition) is 5. The van der Waals surface area contributed by atoms with Crippen LogP contribution in [-0.2, 0) is 4.74 Å². The fraction of sp³-hybridized carbons (Fsp3) is 0.176. The van der Waals surface area contributed by atoms with Gasteiger partial charge in [0.25, 0.3) is 0 Å². The molecule has 0 saturated heterocycles. The summed E-state index contributed by atoms with van der Waals surface area (Å²) in [6.07, 6.45) is 0. The summed E-state index contributed by atoms with van der Waals surface area (Å²) >= 11 is 0. The van der Waals surface area contributed by atoms with Gasteiger partial charge in [-0.2, -0.15) is 0 Å². The van der Waals surface area contributed by atoms with Crippen LogP contribution >= 0.6 is 0 Å². The van der Waals surface area contributed by atoms with Gasteiger partial charge in [-0.25, -0.2) is 14.0 Å². The number of rotatable bonds is 4. The summed E-state index contributed by atoms with van der Waals surface area (Å²) in [5.74, 6) is -1.42. The average Bonchev–Trinajstić information content (AvgIpc) is 2.54. The monoisotopic (exact) mass is 317 g/mol. The zero-order valence-corrected chi connectivity index (χ0v) is 13.0. The SMILES string of the molecule is COC(=O)c1ccc(OC(=O)c2ccc(N(C)C)c(F)c2)cc1. The van der Waals surface area contributed by atoms with Crippen LogP contribution in [0.3, 0.4) is 0 Å². The van der Waals surface area contributed by atoms with Crippen molar-refractivity contribution < 1.29 is 23.5 Å². The van der Waals surface area contributed by atoms with E-state index in [0.717, 1.165) is 6.07 Å². The number of ether oxygens (including phenoxy) is 2. The smallest absolute Gasteiger partial charge is 0.343 e. The van der Waals surface area contributed by atoms with E-state index in [-0.39, 0.29) is 11.3 Å². The molecule has 2 aromatic rings. The van der Waals surface area contributed by atoms with Gasteiger partial charge in [0, 0.05) is 14.1 Å². The lowest BCUT2D eigenvalue weighted by Gasteiger charge is -2.14. The molecule has 0 spiro atoms. The Morgan fingerprint density at radius 2 is 1.57 bits per heavy atom. The van der Waals surface area contributed by atoms with Crippen molar-refractivity contribution in [3.05, 3.63) is 59.4 Å². The third-order valence-corrected chi connectivity index (χ3v) is 3.15. The number of nitrogens with zero attached hydrogens (tertiary/aromatic N) is 1. The van der Waals surface area contributed by atoms with E-state index in [1.165, 1.54) is 43.5 Å². The number of carbonyl (C=O) groups is 2. The molecule has 0 fully saturated rings. The van der Waals surface area contributed by atoms with Crippen molar-refractivity contribution in [3.8, 4) is 5.75 Å². The van der Waals surface area contributed by atoms with Crippen LogP contribution in [0.5, 0.6) is 5.75 Å². The highest BCUT2D eigenvalue weighted by atomic mass is 19.1. The number of methoxy groups -OCH3 is 1. The lowest BCUT2D eigenvalue weighted by Crippen LogP contribution is -2.13. The summed E-state index contributed by atoms with van der Waals surface area (Å²) in [5, 5.41) is 0. The Hall–Kier alpha value is -2.89. The quantitative estimate of drug-likeness (QED) is 0.641. The molecule has 0 aliphatic rings. The van der Waals surface area contributed by atoms with Crippen molar-refractivity contribution in [1.29, 1.82) is 0 Å². The molecule has 0 unspecified atom stereocenters. The van der Waals surface area contributed by atoms with Crippen LogP contribution in [-0.4, -0.2) is 33.1 Å². The summed E-state index contributed by atoms with van der Waals surface area (Å²) in [6, 6.07) is 10.0. The van der Waals surface area contributed by atoms with Gasteiger partial charge in [0.15, 0.2) is 0 Å². The van der Waals surface area contributed by atoms with Crippen LogP contribution in [0, 0.1) is 5.82 Å². The predicted octanol–water partition coefficient (Wildman–Crippen LogP) is 2.90. The Bertz CT molecular complexity index is 726. The lowest BCUT2D eigenvalue weighted by molar-refractivity contribution is 0.0600. The zero-order valence-electron chi connectivity index (χ0n) is 13.0. The van der Waals surface area contributed by atoms with Gasteiger partial charge in [-0.3, -0.25) is 0 Å². The van der Waals surface area contributed by atoms with E-state index in [9.17, 15) is 14.0 Å². The van der Waals surface area contributed by atoms with Crippen LogP contribution in [0.25, 0.3) is 0 Å². The first kappa shape index (κ1) is 16.5. The first-order valence-corrected chi connectivity index (χ1v) is 6.80. The minimum atomic E-state index is -0.681. The summed E-state index contributed by atoms with van der Waals surface area (Å²) in [7, 11) is 4.70. The Kier molecular flexibility index (Phi) is 4.95. The van der Waals surface area contributed by atoms with E-state index in [4.69, 9.17) is 4.74 Å². The Labute approximate surface area is 133 Å². The molecule has 0 aliphatic heterocycles.